The Morgan fingerprint density at radius 2 is 2.26 bits per heavy atom. The van der Waals surface area contributed by atoms with Crippen LogP contribution in [0.25, 0.3) is 11.3 Å². The number of thiophene rings is 1. The maximum atomic E-state index is 4.64. The van der Waals surface area contributed by atoms with Crippen LogP contribution in [-0.4, -0.2) is 32.8 Å². The molecule has 0 N–H and O–H groups in total. The van der Waals surface area contributed by atoms with Crippen LogP contribution in [0.5, 0.6) is 0 Å². The van der Waals surface area contributed by atoms with Crippen molar-refractivity contribution in [2.75, 3.05) is 13.1 Å². The van der Waals surface area contributed by atoms with Gasteiger partial charge in [-0.1, -0.05) is 6.07 Å². The highest BCUT2D eigenvalue weighted by Gasteiger charge is 2.25. The van der Waals surface area contributed by atoms with Crippen LogP contribution < -0.4 is 0 Å². The molecule has 0 amide bonds. The van der Waals surface area contributed by atoms with E-state index in [-0.39, 0.29) is 0 Å². The van der Waals surface area contributed by atoms with Crippen LogP contribution in [0, 0.1) is 0 Å². The second kappa shape index (κ2) is 6.26. The van der Waals surface area contributed by atoms with Crippen molar-refractivity contribution in [3.8, 4) is 11.3 Å². The summed E-state index contributed by atoms with van der Waals surface area (Å²) in [7, 11) is 1.99. The summed E-state index contributed by atoms with van der Waals surface area (Å²) in [5.74, 6) is 0.688. The topological polar surface area (TPSA) is 34.0 Å². The number of aromatic nitrogens is 3. The Balaban J connectivity index is 1.52. The van der Waals surface area contributed by atoms with Crippen LogP contribution in [0.4, 0.5) is 0 Å². The summed E-state index contributed by atoms with van der Waals surface area (Å²) in [6.07, 6.45) is 7.09. The Morgan fingerprint density at radius 1 is 1.30 bits per heavy atom. The standard InChI is InChI=1S/C18H20N4S/c1-21-11-16(18(20-21)14-4-2-7-19-10-14)13-22-8-6-15(12-22)17-5-3-9-23-17/h2-5,7,9-11,15H,6,8,12-13H2,1H3. The summed E-state index contributed by atoms with van der Waals surface area (Å²) in [5, 5.41) is 6.82. The summed E-state index contributed by atoms with van der Waals surface area (Å²) in [4.78, 5) is 8.29. The fourth-order valence-corrected chi connectivity index (χ4v) is 4.23. The van der Waals surface area contributed by atoms with E-state index in [4.69, 9.17) is 0 Å². The molecule has 4 heterocycles. The van der Waals surface area contributed by atoms with Crippen molar-refractivity contribution < 1.29 is 0 Å². The highest BCUT2D eigenvalue weighted by molar-refractivity contribution is 7.10. The first-order chi connectivity index (χ1) is 11.3. The summed E-state index contributed by atoms with van der Waals surface area (Å²) in [6.45, 7) is 3.26. The molecule has 3 aromatic heterocycles. The first-order valence-corrected chi connectivity index (χ1v) is 8.86. The fourth-order valence-electron chi connectivity index (χ4n) is 3.37. The first-order valence-electron chi connectivity index (χ1n) is 7.98. The number of nitrogens with zero attached hydrogens (tertiary/aromatic N) is 4. The van der Waals surface area contributed by atoms with Crippen molar-refractivity contribution in [2.24, 2.45) is 7.05 Å². The van der Waals surface area contributed by atoms with Gasteiger partial charge in [-0.15, -0.1) is 11.3 Å². The van der Waals surface area contributed by atoms with Gasteiger partial charge in [0.05, 0.1) is 5.69 Å². The molecule has 1 aliphatic rings. The zero-order chi connectivity index (χ0) is 15.6. The van der Waals surface area contributed by atoms with E-state index in [1.807, 2.05) is 35.3 Å². The van der Waals surface area contributed by atoms with Gasteiger partial charge in [0.1, 0.15) is 0 Å². The molecule has 0 bridgehead atoms. The third-order valence-corrected chi connectivity index (χ3v) is 5.49. The van der Waals surface area contributed by atoms with Gasteiger partial charge in [-0.3, -0.25) is 14.6 Å². The van der Waals surface area contributed by atoms with E-state index in [0.717, 1.165) is 30.9 Å². The van der Waals surface area contributed by atoms with Crippen LogP contribution in [0.1, 0.15) is 22.8 Å². The van der Waals surface area contributed by atoms with Crippen molar-refractivity contribution >= 4 is 11.3 Å². The minimum absolute atomic E-state index is 0.688. The van der Waals surface area contributed by atoms with Gasteiger partial charge >= 0.3 is 0 Å². The maximum absolute atomic E-state index is 4.64. The van der Waals surface area contributed by atoms with E-state index in [9.17, 15) is 0 Å². The molecule has 3 aromatic rings. The lowest BCUT2D eigenvalue weighted by Crippen LogP contribution is -2.19. The molecule has 118 valence electrons. The third-order valence-electron chi connectivity index (χ3n) is 4.45. The molecule has 5 heteroatoms. The molecule has 4 rings (SSSR count). The number of hydrogen-bond acceptors (Lipinski definition) is 4. The normalized spacial score (nSPS) is 18.6. The van der Waals surface area contributed by atoms with Crippen LogP contribution in [-0.2, 0) is 13.6 Å². The second-order valence-electron chi connectivity index (χ2n) is 6.15. The van der Waals surface area contributed by atoms with Crippen molar-refractivity contribution in [1.82, 2.24) is 19.7 Å². The average Bonchev–Trinajstić information content (AvgIpc) is 3.29. The first kappa shape index (κ1) is 14.6. The van der Waals surface area contributed by atoms with Gasteiger partial charge in [0.25, 0.3) is 0 Å². The molecule has 1 saturated heterocycles. The molecule has 0 aliphatic carbocycles. The number of hydrogen-bond donors (Lipinski definition) is 0. The van der Waals surface area contributed by atoms with E-state index in [0.29, 0.717) is 5.92 Å². The van der Waals surface area contributed by atoms with Gasteiger partial charge in [0.15, 0.2) is 0 Å². The SMILES string of the molecule is Cn1cc(CN2CCC(c3cccs3)C2)c(-c2cccnc2)n1. The largest absolute Gasteiger partial charge is 0.298 e. The van der Waals surface area contributed by atoms with E-state index < -0.39 is 0 Å². The molecule has 0 radical (unpaired) electrons. The Labute approximate surface area is 140 Å². The molecule has 0 aromatic carbocycles. The van der Waals surface area contributed by atoms with Crippen molar-refractivity contribution in [3.63, 3.8) is 0 Å². The van der Waals surface area contributed by atoms with Gasteiger partial charge in [-0.25, -0.2) is 0 Å². The van der Waals surface area contributed by atoms with Crippen LogP contribution >= 0.6 is 11.3 Å². The number of aryl methyl sites for hydroxylation is 1. The molecule has 0 spiro atoms. The van der Waals surface area contributed by atoms with Crippen LogP contribution in [0.15, 0.2) is 48.2 Å². The molecule has 1 fully saturated rings. The fraction of sp³-hybridized carbons (Fsp3) is 0.333. The Hall–Kier alpha value is -1.98. The smallest absolute Gasteiger partial charge is 0.0983 e. The molecular weight excluding hydrogens is 304 g/mol. The summed E-state index contributed by atoms with van der Waals surface area (Å²) in [6, 6.07) is 8.47. The van der Waals surface area contributed by atoms with Gasteiger partial charge in [-0.05, 0) is 36.5 Å². The van der Waals surface area contributed by atoms with E-state index in [1.165, 1.54) is 16.9 Å². The minimum Gasteiger partial charge on any atom is -0.298 e. The molecule has 1 atom stereocenters. The zero-order valence-electron chi connectivity index (χ0n) is 13.2. The summed E-state index contributed by atoms with van der Waals surface area (Å²) >= 11 is 1.88. The lowest BCUT2D eigenvalue weighted by molar-refractivity contribution is 0.327. The Kier molecular flexibility index (Phi) is 3.97. The minimum atomic E-state index is 0.688. The third kappa shape index (κ3) is 3.07. The van der Waals surface area contributed by atoms with Crippen LogP contribution in [0.2, 0.25) is 0 Å². The molecule has 4 nitrogen and oxygen atoms in total. The van der Waals surface area contributed by atoms with Gasteiger partial charge < -0.3 is 0 Å². The van der Waals surface area contributed by atoms with Crippen molar-refractivity contribution in [2.45, 2.75) is 18.9 Å². The zero-order valence-corrected chi connectivity index (χ0v) is 14.0. The van der Waals surface area contributed by atoms with Crippen LogP contribution in [0.3, 0.4) is 0 Å². The highest BCUT2D eigenvalue weighted by Crippen LogP contribution is 2.32. The molecular formula is C18H20N4S. The molecule has 1 unspecified atom stereocenters. The number of pyridine rings is 1. The van der Waals surface area contributed by atoms with Gasteiger partial charge in [-0.2, -0.15) is 5.10 Å². The van der Waals surface area contributed by atoms with Crippen molar-refractivity contribution in [3.05, 3.63) is 58.7 Å². The average molecular weight is 324 g/mol. The molecule has 1 aliphatic heterocycles. The van der Waals surface area contributed by atoms with Gasteiger partial charge in [0, 0.05) is 60.6 Å². The Bertz CT molecular complexity index is 764. The molecule has 23 heavy (non-hydrogen) atoms. The monoisotopic (exact) mass is 324 g/mol. The molecule has 0 saturated carbocycles. The predicted molar refractivity (Wildman–Crippen MR) is 93.4 cm³/mol. The van der Waals surface area contributed by atoms with E-state index in [2.05, 4.69) is 44.8 Å². The lowest BCUT2D eigenvalue weighted by atomic mass is 10.1. The second-order valence-corrected chi connectivity index (χ2v) is 7.13. The van der Waals surface area contributed by atoms with E-state index in [1.54, 1.807) is 6.20 Å². The number of rotatable bonds is 4. The highest BCUT2D eigenvalue weighted by atomic mass is 32.1. The summed E-state index contributed by atoms with van der Waals surface area (Å²) in [5.41, 5.74) is 3.43. The van der Waals surface area contributed by atoms with Gasteiger partial charge in [0.2, 0.25) is 0 Å². The number of likely N-dealkylation sites (tertiary alicyclic amines) is 1. The quantitative estimate of drug-likeness (QED) is 0.736. The van der Waals surface area contributed by atoms with E-state index >= 15 is 0 Å². The van der Waals surface area contributed by atoms with Crippen molar-refractivity contribution in [1.29, 1.82) is 0 Å². The summed E-state index contributed by atoms with van der Waals surface area (Å²) < 4.78 is 1.91. The lowest BCUT2D eigenvalue weighted by Gasteiger charge is -2.15. The Morgan fingerprint density at radius 3 is 3.04 bits per heavy atom. The maximum Gasteiger partial charge on any atom is 0.0983 e. The predicted octanol–water partition coefficient (Wildman–Crippen LogP) is 3.53.